The first-order valence-electron chi connectivity index (χ1n) is 7.58. The summed E-state index contributed by atoms with van der Waals surface area (Å²) in [6.07, 6.45) is 1.11. The number of phenols is 1. The minimum Gasteiger partial charge on any atom is -0.508 e. The summed E-state index contributed by atoms with van der Waals surface area (Å²) in [5, 5.41) is 22.3. The Morgan fingerprint density at radius 2 is 1.92 bits per heavy atom. The first-order chi connectivity index (χ1) is 11.3. The van der Waals surface area contributed by atoms with Gasteiger partial charge in [0.1, 0.15) is 17.8 Å². The summed E-state index contributed by atoms with van der Waals surface area (Å²) in [5.41, 5.74) is 8.56. The average Bonchev–Trinajstić information content (AvgIpc) is 2.52. The summed E-state index contributed by atoms with van der Waals surface area (Å²) in [4.78, 5) is 23.9. The molecule has 0 saturated carbocycles. The molecule has 0 bridgehead atoms. The number of benzene rings is 1. The molecule has 1 rings (SSSR count). The molecule has 24 heavy (non-hydrogen) atoms. The molecule has 1 aromatic rings. The lowest BCUT2D eigenvalue weighted by molar-refractivity contribution is -0.149. The van der Waals surface area contributed by atoms with Gasteiger partial charge in [-0.05, 0) is 30.5 Å². The highest BCUT2D eigenvalue weighted by Gasteiger charge is 2.26. The summed E-state index contributed by atoms with van der Waals surface area (Å²) < 4.78 is 0. The van der Waals surface area contributed by atoms with E-state index in [4.69, 9.17) is 11.6 Å². The van der Waals surface area contributed by atoms with Crippen LogP contribution in [0.25, 0.3) is 0 Å². The number of nitrogens with one attached hydrogen (secondary N) is 2. The minimum atomic E-state index is -0.919. The van der Waals surface area contributed by atoms with Crippen molar-refractivity contribution in [3.63, 3.8) is 0 Å². The quantitative estimate of drug-likeness (QED) is 0.178. The van der Waals surface area contributed by atoms with Gasteiger partial charge in [0.2, 0.25) is 11.8 Å². The number of hydrogen-bond donors (Lipinski definition) is 6. The topological polar surface area (TPSA) is 154 Å². The number of aromatic hydroxyl groups is 1. The van der Waals surface area contributed by atoms with Crippen molar-refractivity contribution >= 4 is 11.8 Å². The van der Waals surface area contributed by atoms with E-state index in [2.05, 4.69) is 10.7 Å². The standard InChI is InChI=1S/C15H25N5O4/c1-20(24)13(3-2-8-18-17)15(23)19-12(14(16)22)9-10-4-6-11(21)7-5-10/h4-7,12-13,18,21,24H,2-3,8-9,17H2,1H3,(H2,16,22)(H,19,23)/t12-,13-/m0/s1. The zero-order valence-corrected chi connectivity index (χ0v) is 13.6. The molecular weight excluding hydrogens is 314 g/mol. The molecule has 9 heteroatoms. The van der Waals surface area contributed by atoms with Crippen LogP contribution in [0.3, 0.4) is 0 Å². The van der Waals surface area contributed by atoms with E-state index >= 15 is 0 Å². The monoisotopic (exact) mass is 339 g/mol. The molecule has 2 atom stereocenters. The average molecular weight is 339 g/mol. The third-order valence-electron chi connectivity index (χ3n) is 3.59. The fourth-order valence-corrected chi connectivity index (χ4v) is 2.24. The van der Waals surface area contributed by atoms with E-state index in [1.165, 1.54) is 19.2 Å². The third kappa shape index (κ3) is 6.50. The van der Waals surface area contributed by atoms with Crippen molar-refractivity contribution in [1.29, 1.82) is 0 Å². The van der Waals surface area contributed by atoms with Crippen LogP contribution in [0.5, 0.6) is 5.75 Å². The summed E-state index contributed by atoms with van der Waals surface area (Å²) in [7, 11) is 1.36. The number of carbonyl (C=O) groups is 2. The van der Waals surface area contributed by atoms with Crippen LogP contribution in [0.1, 0.15) is 18.4 Å². The molecule has 0 aliphatic heterocycles. The molecule has 0 heterocycles. The molecule has 2 amide bonds. The van der Waals surface area contributed by atoms with Gasteiger partial charge < -0.3 is 21.4 Å². The lowest BCUT2D eigenvalue weighted by atomic mass is 10.0. The number of phenolic OH excluding ortho intramolecular Hbond substituents is 1. The maximum absolute atomic E-state index is 12.3. The number of hydrazine groups is 1. The number of hydroxylamine groups is 2. The highest BCUT2D eigenvalue weighted by molar-refractivity contribution is 5.89. The van der Waals surface area contributed by atoms with E-state index in [1.807, 2.05) is 0 Å². The zero-order valence-electron chi connectivity index (χ0n) is 13.6. The van der Waals surface area contributed by atoms with Crippen LogP contribution in [-0.2, 0) is 16.0 Å². The van der Waals surface area contributed by atoms with E-state index < -0.39 is 23.9 Å². The van der Waals surface area contributed by atoms with Crippen molar-refractivity contribution in [2.45, 2.75) is 31.3 Å². The maximum Gasteiger partial charge on any atom is 0.240 e. The smallest absolute Gasteiger partial charge is 0.240 e. The number of rotatable bonds is 10. The highest BCUT2D eigenvalue weighted by Crippen LogP contribution is 2.12. The Kier molecular flexibility index (Phi) is 8.13. The van der Waals surface area contributed by atoms with Crippen molar-refractivity contribution in [3.8, 4) is 5.75 Å². The van der Waals surface area contributed by atoms with Gasteiger partial charge in [0.25, 0.3) is 0 Å². The first kappa shape index (κ1) is 19.8. The van der Waals surface area contributed by atoms with Crippen molar-refractivity contribution < 1.29 is 19.9 Å². The molecule has 0 fully saturated rings. The first-order valence-corrected chi connectivity index (χ1v) is 7.58. The number of nitrogens with zero attached hydrogens (tertiary/aromatic N) is 1. The number of hydrogen-bond acceptors (Lipinski definition) is 7. The number of nitrogens with two attached hydrogens (primary N) is 2. The van der Waals surface area contributed by atoms with Gasteiger partial charge >= 0.3 is 0 Å². The molecule has 8 N–H and O–H groups in total. The Hall–Kier alpha value is -2.20. The third-order valence-corrected chi connectivity index (χ3v) is 3.59. The van der Waals surface area contributed by atoms with Gasteiger partial charge in [-0.2, -0.15) is 5.06 Å². The maximum atomic E-state index is 12.3. The molecule has 0 spiro atoms. The van der Waals surface area contributed by atoms with E-state index in [0.717, 1.165) is 10.6 Å². The molecular formula is C15H25N5O4. The van der Waals surface area contributed by atoms with Crippen molar-refractivity contribution in [1.82, 2.24) is 15.8 Å². The number of likely N-dealkylation sites (N-methyl/N-ethyl adjacent to an activating group) is 1. The Labute approximate surface area is 140 Å². The second-order valence-corrected chi connectivity index (χ2v) is 5.52. The van der Waals surface area contributed by atoms with Gasteiger partial charge in [-0.3, -0.25) is 20.9 Å². The van der Waals surface area contributed by atoms with Gasteiger partial charge in [0.15, 0.2) is 0 Å². The predicted octanol–water partition coefficient (Wildman–Crippen LogP) is -1.16. The van der Waals surface area contributed by atoms with Gasteiger partial charge in [-0.15, -0.1) is 0 Å². The molecule has 0 aromatic heterocycles. The van der Waals surface area contributed by atoms with Crippen LogP contribution in [0.2, 0.25) is 0 Å². The van der Waals surface area contributed by atoms with E-state index in [0.29, 0.717) is 19.4 Å². The Morgan fingerprint density at radius 1 is 1.29 bits per heavy atom. The number of primary amides is 1. The summed E-state index contributed by atoms with van der Waals surface area (Å²) >= 11 is 0. The van der Waals surface area contributed by atoms with E-state index in [9.17, 15) is 19.9 Å². The molecule has 134 valence electrons. The summed E-state index contributed by atoms with van der Waals surface area (Å²) in [5.74, 6) is 4.10. The molecule has 0 aliphatic rings. The summed E-state index contributed by atoms with van der Waals surface area (Å²) in [6, 6.07) is 4.51. The van der Waals surface area contributed by atoms with Gasteiger partial charge in [0.05, 0.1) is 0 Å². The van der Waals surface area contributed by atoms with Crippen LogP contribution in [0.4, 0.5) is 0 Å². The SMILES string of the molecule is CN(O)[C@@H](CCCNN)C(=O)N[C@@H](Cc1ccc(O)cc1)C(N)=O. The fraction of sp³-hybridized carbons (Fsp3) is 0.467. The van der Waals surface area contributed by atoms with E-state index in [1.54, 1.807) is 12.1 Å². The highest BCUT2D eigenvalue weighted by atomic mass is 16.5. The zero-order chi connectivity index (χ0) is 18.1. The van der Waals surface area contributed by atoms with Crippen LogP contribution >= 0.6 is 0 Å². The molecule has 0 saturated heterocycles. The largest absolute Gasteiger partial charge is 0.508 e. The predicted molar refractivity (Wildman–Crippen MR) is 87.7 cm³/mol. The fourth-order valence-electron chi connectivity index (χ4n) is 2.24. The van der Waals surface area contributed by atoms with Gasteiger partial charge in [-0.1, -0.05) is 12.1 Å². The second-order valence-electron chi connectivity index (χ2n) is 5.52. The molecule has 0 unspecified atom stereocenters. The molecule has 0 aliphatic carbocycles. The van der Waals surface area contributed by atoms with Gasteiger partial charge in [-0.25, -0.2) is 0 Å². The lowest BCUT2D eigenvalue weighted by Crippen LogP contribution is -2.52. The van der Waals surface area contributed by atoms with Crippen LogP contribution in [-0.4, -0.2) is 52.9 Å². The molecule has 0 radical (unpaired) electrons. The van der Waals surface area contributed by atoms with Crippen LogP contribution < -0.4 is 22.3 Å². The number of amides is 2. The number of carbonyl (C=O) groups excluding carboxylic acids is 2. The van der Waals surface area contributed by atoms with Crippen molar-refractivity contribution in [3.05, 3.63) is 29.8 Å². The summed E-state index contributed by atoms with van der Waals surface area (Å²) in [6.45, 7) is 0.490. The lowest BCUT2D eigenvalue weighted by Gasteiger charge is -2.24. The normalized spacial score (nSPS) is 13.5. The van der Waals surface area contributed by atoms with Crippen molar-refractivity contribution in [2.24, 2.45) is 11.6 Å². The molecule has 9 nitrogen and oxygen atoms in total. The van der Waals surface area contributed by atoms with Crippen molar-refractivity contribution in [2.75, 3.05) is 13.6 Å². The van der Waals surface area contributed by atoms with E-state index in [-0.39, 0.29) is 12.2 Å². The minimum absolute atomic E-state index is 0.105. The Morgan fingerprint density at radius 3 is 2.42 bits per heavy atom. The Bertz CT molecular complexity index is 535. The van der Waals surface area contributed by atoms with Crippen LogP contribution in [0, 0.1) is 0 Å². The van der Waals surface area contributed by atoms with Crippen LogP contribution in [0.15, 0.2) is 24.3 Å². The van der Waals surface area contributed by atoms with Gasteiger partial charge in [0, 0.05) is 20.0 Å². The second kappa shape index (κ2) is 9.83. The molecule has 1 aromatic carbocycles. The Balaban J connectivity index is 2.72.